The molecule has 1 saturated heterocycles. The number of anilines is 1. The zero-order chi connectivity index (χ0) is 46.0. The quantitative estimate of drug-likeness (QED) is 0.0704. The Morgan fingerprint density at radius 1 is 0.984 bits per heavy atom. The number of nitrogens with two attached hydrogens (primary N) is 1. The van der Waals surface area contributed by atoms with Gasteiger partial charge < -0.3 is 45.7 Å². The van der Waals surface area contributed by atoms with Crippen LogP contribution in [-0.2, 0) is 44.8 Å². The molecule has 0 unspecified atom stereocenters. The van der Waals surface area contributed by atoms with Gasteiger partial charge in [-0.3, -0.25) is 28.9 Å². The highest BCUT2D eigenvalue weighted by atomic mass is 31.2. The van der Waals surface area contributed by atoms with Crippen molar-refractivity contribution in [3.05, 3.63) is 114 Å². The second-order valence-corrected chi connectivity index (χ2v) is 19.3. The molecular formula is C45H61N10O8P. The molecule has 1 fully saturated rings. The van der Waals surface area contributed by atoms with Gasteiger partial charge in [-0.15, -0.1) is 0 Å². The molecule has 64 heavy (non-hydrogen) atoms. The van der Waals surface area contributed by atoms with E-state index in [0.717, 1.165) is 28.8 Å². The first kappa shape index (κ1) is 48.3. The Bertz CT molecular complexity index is 2340. The number of amides is 2. The van der Waals surface area contributed by atoms with Crippen LogP contribution < -0.4 is 16.4 Å². The average molecular weight is 901 g/mol. The minimum atomic E-state index is -4.16. The van der Waals surface area contributed by atoms with Crippen LogP contribution in [0.5, 0.6) is 0 Å². The Kier molecular flexibility index (Phi) is 16.4. The first-order valence-corrected chi connectivity index (χ1v) is 23.2. The fourth-order valence-electron chi connectivity index (χ4n) is 8.15. The van der Waals surface area contributed by atoms with E-state index < -0.39 is 55.8 Å². The van der Waals surface area contributed by atoms with Gasteiger partial charge in [0.2, 0.25) is 11.8 Å². The number of aliphatic hydroxyl groups is 2. The summed E-state index contributed by atoms with van der Waals surface area (Å²) in [4.78, 5) is 65.3. The minimum Gasteiger partial charge on any atom is -0.392 e. The number of β-amino-alcohol motifs (C(OH)–C–C–N with tert-alkyl or cyclic N) is 1. The third kappa shape index (κ3) is 13.9. The van der Waals surface area contributed by atoms with Crippen LogP contribution in [0.4, 0.5) is 5.82 Å². The highest BCUT2D eigenvalue weighted by molar-refractivity contribution is 7.51. The maximum absolute atomic E-state index is 13.8. The predicted molar refractivity (Wildman–Crippen MR) is 241 cm³/mol. The van der Waals surface area contributed by atoms with Crippen molar-refractivity contribution < 1.29 is 38.9 Å². The Balaban J connectivity index is 0.000000298. The average Bonchev–Trinajstić information content (AvgIpc) is 3.80. The number of nitrogen functional groups attached to an aromatic ring is 1. The Labute approximate surface area is 373 Å². The van der Waals surface area contributed by atoms with Gasteiger partial charge in [0.25, 0.3) is 0 Å². The number of rotatable bonds is 16. The first-order valence-electron chi connectivity index (χ1n) is 21.5. The SMILES string of the molecule is CC(C)(C)NC(=O)[C@@H]1CN(Cc2cccnc2)CCN1C[C@@H](O)C[C@@H](Cc1ccccc1)C(=O)N[C@H]1c2ccccc2C[C@H]1O.C[C@H](Cn1cnc2c(N)ncnc21)OCP(=O)(O)O. The molecule has 0 bridgehead atoms. The Hall–Kier alpha value is -5.17. The van der Waals surface area contributed by atoms with Crippen molar-refractivity contribution in [3.63, 3.8) is 0 Å². The molecule has 2 aliphatic rings. The van der Waals surface area contributed by atoms with Crippen LogP contribution in [0.25, 0.3) is 11.2 Å². The monoisotopic (exact) mass is 900 g/mol. The van der Waals surface area contributed by atoms with E-state index in [1.54, 1.807) is 17.7 Å². The molecule has 1 aliphatic heterocycles. The number of aliphatic hydroxyl groups excluding tert-OH is 2. The molecule has 2 aromatic carbocycles. The molecule has 18 nitrogen and oxygen atoms in total. The molecule has 0 radical (unpaired) electrons. The topological polar surface area (TPSA) is 254 Å². The molecule has 3 aromatic heterocycles. The summed E-state index contributed by atoms with van der Waals surface area (Å²) in [5.74, 6) is -0.497. The van der Waals surface area contributed by atoms with Crippen molar-refractivity contribution in [1.29, 1.82) is 0 Å². The van der Waals surface area contributed by atoms with Gasteiger partial charge in [0.1, 0.15) is 24.2 Å². The number of nitrogens with one attached hydrogen (secondary N) is 2. The Morgan fingerprint density at radius 3 is 2.44 bits per heavy atom. The Morgan fingerprint density at radius 2 is 1.72 bits per heavy atom. The zero-order valence-corrected chi connectivity index (χ0v) is 37.7. The number of carbonyl (C=O) groups is 2. The normalized spacial score (nSPS) is 19.5. The molecule has 7 rings (SSSR count). The second kappa shape index (κ2) is 21.7. The van der Waals surface area contributed by atoms with Crippen LogP contribution in [0.15, 0.2) is 91.8 Å². The van der Waals surface area contributed by atoms with Gasteiger partial charge in [-0.05, 0) is 68.9 Å². The van der Waals surface area contributed by atoms with Gasteiger partial charge in [-0.25, -0.2) is 15.0 Å². The predicted octanol–water partition coefficient (Wildman–Crippen LogP) is 2.82. The first-order chi connectivity index (χ1) is 30.4. The van der Waals surface area contributed by atoms with E-state index in [1.807, 2.05) is 93.7 Å². The number of imidazole rings is 1. The molecule has 1 aliphatic carbocycles. The van der Waals surface area contributed by atoms with Crippen molar-refractivity contribution in [1.82, 2.24) is 44.9 Å². The maximum atomic E-state index is 13.8. The number of ether oxygens (including phenoxy) is 1. The standard InChI is InChI=1S/C36H47N5O4.C9H14N5O4P/c1-36(2,3)39-35(45)31-24-40(22-26-12-9-15-37-21-26)16-17-41(31)23-29(42)19-28(18-25-10-5-4-6-11-25)34(44)38-33-30-14-8-7-13-27(30)20-32(33)43;1-6(18-5-19(15,16)17)2-14-4-13-7-8(10)11-3-12-9(7)14/h4-15,21,28-29,31-33,42-43H,16-20,22-24H2,1-3H3,(H,38,44)(H,39,45);3-4,6H,2,5H2,1H3,(H2,10,11,12)(H2,15,16,17)/t28-,29+,31+,32-,33+;6-/m11/s1. The lowest BCUT2D eigenvalue weighted by atomic mass is 9.91. The number of piperazine rings is 1. The highest BCUT2D eigenvalue weighted by Crippen LogP contribution is 2.35. The molecule has 0 spiro atoms. The fraction of sp³-hybridized carbons (Fsp3) is 0.467. The summed E-state index contributed by atoms with van der Waals surface area (Å²) < 4.78 is 17.5. The van der Waals surface area contributed by atoms with Crippen LogP contribution in [0, 0.1) is 5.92 Å². The van der Waals surface area contributed by atoms with Crippen molar-refractivity contribution in [3.8, 4) is 0 Å². The minimum absolute atomic E-state index is 0.0712. The molecule has 2 amide bonds. The number of pyridine rings is 1. The number of benzene rings is 2. The van der Waals surface area contributed by atoms with Crippen LogP contribution >= 0.6 is 7.60 Å². The number of nitrogens with zero attached hydrogens (tertiary/aromatic N) is 7. The molecule has 4 heterocycles. The number of aromatic nitrogens is 5. The van der Waals surface area contributed by atoms with Crippen LogP contribution in [0.1, 0.15) is 62.4 Å². The van der Waals surface area contributed by atoms with E-state index in [-0.39, 0.29) is 30.6 Å². The summed E-state index contributed by atoms with van der Waals surface area (Å²) in [6.07, 6.45) is 5.11. The van der Waals surface area contributed by atoms with E-state index in [4.69, 9.17) is 20.3 Å². The van der Waals surface area contributed by atoms with Gasteiger partial charge in [-0.2, -0.15) is 0 Å². The summed E-state index contributed by atoms with van der Waals surface area (Å²) in [5.41, 5.74) is 10.4. The van der Waals surface area contributed by atoms with Gasteiger partial charge >= 0.3 is 7.60 Å². The van der Waals surface area contributed by atoms with Crippen molar-refractivity contribution in [2.75, 3.05) is 38.3 Å². The molecule has 19 heteroatoms. The maximum Gasteiger partial charge on any atom is 0.350 e. The molecule has 344 valence electrons. The highest BCUT2D eigenvalue weighted by Gasteiger charge is 2.37. The zero-order valence-electron chi connectivity index (χ0n) is 36.8. The van der Waals surface area contributed by atoms with E-state index in [2.05, 4.69) is 40.4 Å². The number of fused-ring (bicyclic) bond motifs is 2. The van der Waals surface area contributed by atoms with Gasteiger partial charge in [-0.1, -0.05) is 60.7 Å². The molecule has 0 saturated carbocycles. The molecular weight excluding hydrogens is 840 g/mol. The molecule has 5 aromatic rings. The summed E-state index contributed by atoms with van der Waals surface area (Å²) in [7, 11) is -4.16. The van der Waals surface area contributed by atoms with E-state index in [1.165, 1.54) is 12.7 Å². The number of hydrogen-bond acceptors (Lipinski definition) is 13. The summed E-state index contributed by atoms with van der Waals surface area (Å²) in [6, 6.07) is 20.6. The van der Waals surface area contributed by atoms with Gasteiger partial charge in [0.05, 0.1) is 37.2 Å². The van der Waals surface area contributed by atoms with Crippen LogP contribution in [0.2, 0.25) is 0 Å². The van der Waals surface area contributed by atoms with Crippen molar-refractivity contribution in [2.45, 2.75) is 96.0 Å². The van der Waals surface area contributed by atoms with E-state index >= 15 is 0 Å². The second-order valence-electron chi connectivity index (χ2n) is 17.7. The van der Waals surface area contributed by atoms with Crippen molar-refractivity contribution in [2.24, 2.45) is 5.92 Å². The fourth-order valence-corrected chi connectivity index (χ4v) is 8.60. The third-order valence-electron chi connectivity index (χ3n) is 11.1. The largest absolute Gasteiger partial charge is 0.392 e. The lowest BCUT2D eigenvalue weighted by molar-refractivity contribution is -0.132. The third-order valence-corrected chi connectivity index (χ3v) is 11.6. The van der Waals surface area contributed by atoms with E-state index in [9.17, 15) is 24.4 Å². The van der Waals surface area contributed by atoms with Gasteiger partial charge in [0.15, 0.2) is 11.5 Å². The summed E-state index contributed by atoms with van der Waals surface area (Å²) in [6.45, 7) is 10.8. The lowest BCUT2D eigenvalue weighted by Crippen LogP contribution is -2.61. The molecule has 8 N–H and O–H groups in total. The lowest BCUT2D eigenvalue weighted by Gasteiger charge is -2.42. The summed E-state index contributed by atoms with van der Waals surface area (Å²) in [5, 5.41) is 28.5. The summed E-state index contributed by atoms with van der Waals surface area (Å²) >= 11 is 0. The van der Waals surface area contributed by atoms with Crippen LogP contribution in [0.3, 0.4) is 0 Å². The van der Waals surface area contributed by atoms with E-state index in [0.29, 0.717) is 50.2 Å². The van der Waals surface area contributed by atoms with Crippen LogP contribution in [-0.4, -0.2) is 129 Å². The number of hydrogen-bond donors (Lipinski definition) is 7. The van der Waals surface area contributed by atoms with Gasteiger partial charge in [0, 0.05) is 63.0 Å². The smallest absolute Gasteiger partial charge is 0.350 e. The molecule has 6 atom stereocenters. The van der Waals surface area contributed by atoms with Crippen molar-refractivity contribution >= 4 is 36.4 Å². The number of carbonyl (C=O) groups excluding carboxylic acids is 2.